The Morgan fingerprint density at radius 2 is 1.92 bits per heavy atom. The van der Waals surface area contributed by atoms with Crippen molar-refractivity contribution in [2.45, 2.75) is 38.8 Å². The van der Waals surface area contributed by atoms with Crippen molar-refractivity contribution in [2.24, 2.45) is 4.99 Å². The highest BCUT2D eigenvalue weighted by Crippen LogP contribution is 2.40. The number of aliphatic imine (C=N–C) groups is 1. The molecule has 0 bridgehead atoms. The Bertz CT molecular complexity index is 1400. The number of amides is 1. The number of ether oxygens (including phenoxy) is 1. The van der Waals surface area contributed by atoms with E-state index in [-0.39, 0.29) is 5.91 Å². The van der Waals surface area contributed by atoms with Crippen LogP contribution in [0.25, 0.3) is 0 Å². The van der Waals surface area contributed by atoms with Crippen LogP contribution in [0.3, 0.4) is 0 Å². The van der Waals surface area contributed by atoms with Crippen LogP contribution in [0.15, 0.2) is 76.3 Å². The summed E-state index contributed by atoms with van der Waals surface area (Å²) in [6.45, 7) is 0.778. The van der Waals surface area contributed by atoms with E-state index in [1.54, 1.807) is 35.9 Å². The molecule has 0 atom stereocenters. The predicted octanol–water partition coefficient (Wildman–Crippen LogP) is 6.35. The first-order chi connectivity index (χ1) is 17.7. The molecule has 36 heavy (non-hydrogen) atoms. The number of rotatable bonds is 8. The largest absolute Gasteiger partial charge is 0.489 e. The number of nitrogens with one attached hydrogen (secondary N) is 1. The minimum Gasteiger partial charge on any atom is -0.489 e. The Kier molecular flexibility index (Phi) is 7.25. The standard InChI is InChI=1S/C29H25N3O3S/c30-16-20-7-9-22(10-8-20)19-35-23-13-11-21(12-14-23)17-32-29-27(25-5-1-2-6-26(25)36-29)28(33)31-18-24-4-3-15-34-24/h3-4,7-15,17H,1-2,5-6,18-19H2,(H,31,33). The Hall–Kier alpha value is -4.15. The molecule has 0 saturated heterocycles. The van der Waals surface area contributed by atoms with Gasteiger partial charge in [-0.2, -0.15) is 5.26 Å². The molecule has 0 fully saturated rings. The minimum atomic E-state index is -0.107. The van der Waals surface area contributed by atoms with Crippen LogP contribution in [0.2, 0.25) is 0 Å². The van der Waals surface area contributed by atoms with Crippen LogP contribution in [0.5, 0.6) is 5.75 Å². The van der Waals surface area contributed by atoms with Crippen molar-refractivity contribution in [1.29, 1.82) is 5.26 Å². The first-order valence-corrected chi connectivity index (χ1v) is 12.7. The van der Waals surface area contributed by atoms with Crippen LogP contribution < -0.4 is 10.1 Å². The molecule has 1 aliphatic carbocycles. The maximum absolute atomic E-state index is 13.1. The van der Waals surface area contributed by atoms with Crippen molar-refractivity contribution in [2.75, 3.05) is 0 Å². The zero-order chi connectivity index (χ0) is 24.7. The summed E-state index contributed by atoms with van der Waals surface area (Å²) in [6.07, 6.45) is 7.55. The number of benzene rings is 2. The third-order valence-corrected chi connectivity index (χ3v) is 7.28. The number of furan rings is 1. The van der Waals surface area contributed by atoms with Crippen LogP contribution in [0, 0.1) is 11.3 Å². The minimum absolute atomic E-state index is 0.107. The number of carbonyl (C=O) groups excluding carboxylic acids is 1. The molecule has 5 rings (SSSR count). The molecule has 1 amide bonds. The third-order valence-electron chi connectivity index (χ3n) is 6.08. The van der Waals surface area contributed by atoms with E-state index >= 15 is 0 Å². The Morgan fingerprint density at radius 1 is 1.11 bits per heavy atom. The van der Waals surface area contributed by atoms with E-state index in [0.29, 0.717) is 24.3 Å². The zero-order valence-corrected chi connectivity index (χ0v) is 20.5. The monoisotopic (exact) mass is 495 g/mol. The van der Waals surface area contributed by atoms with Gasteiger partial charge in [-0.25, -0.2) is 4.99 Å². The first-order valence-electron chi connectivity index (χ1n) is 11.9. The Morgan fingerprint density at radius 3 is 2.67 bits per heavy atom. The number of aryl methyl sites for hydroxylation is 1. The van der Waals surface area contributed by atoms with Crippen LogP contribution in [0.4, 0.5) is 5.00 Å². The number of thiophene rings is 1. The van der Waals surface area contributed by atoms with Crippen molar-refractivity contribution in [3.05, 3.63) is 105 Å². The number of nitriles is 1. The molecule has 0 aliphatic heterocycles. The molecule has 7 heteroatoms. The fraction of sp³-hybridized carbons (Fsp3) is 0.207. The first kappa shape index (κ1) is 23.6. The van der Waals surface area contributed by atoms with Crippen molar-refractivity contribution >= 4 is 28.5 Å². The maximum Gasteiger partial charge on any atom is 0.255 e. The molecule has 1 aliphatic rings. The van der Waals surface area contributed by atoms with Crippen molar-refractivity contribution in [3.63, 3.8) is 0 Å². The van der Waals surface area contributed by atoms with Gasteiger partial charge in [0, 0.05) is 11.1 Å². The second kappa shape index (κ2) is 11.1. The normalized spacial score (nSPS) is 12.8. The quantitative estimate of drug-likeness (QED) is 0.289. The summed E-state index contributed by atoms with van der Waals surface area (Å²) in [7, 11) is 0. The molecule has 0 unspecified atom stereocenters. The van der Waals surface area contributed by atoms with E-state index in [1.165, 1.54) is 4.88 Å². The van der Waals surface area contributed by atoms with Gasteiger partial charge in [-0.15, -0.1) is 11.3 Å². The number of nitrogens with zero attached hydrogens (tertiary/aromatic N) is 2. The van der Waals surface area contributed by atoms with Gasteiger partial charge in [0.05, 0.1) is 30.0 Å². The third kappa shape index (κ3) is 5.56. The molecule has 2 aromatic carbocycles. The predicted molar refractivity (Wildman–Crippen MR) is 140 cm³/mol. The van der Waals surface area contributed by atoms with Crippen LogP contribution in [0.1, 0.15) is 56.1 Å². The summed E-state index contributed by atoms with van der Waals surface area (Å²) in [5, 5.41) is 12.6. The lowest BCUT2D eigenvalue weighted by atomic mass is 9.95. The topological polar surface area (TPSA) is 87.6 Å². The summed E-state index contributed by atoms with van der Waals surface area (Å²) in [5.41, 5.74) is 4.39. The number of hydrogen-bond donors (Lipinski definition) is 1. The molecule has 180 valence electrons. The van der Waals surface area contributed by atoms with Crippen LogP contribution in [-0.2, 0) is 26.0 Å². The molecule has 6 nitrogen and oxygen atoms in total. The number of carbonyl (C=O) groups is 1. The van der Waals surface area contributed by atoms with Crippen LogP contribution >= 0.6 is 11.3 Å². The van der Waals surface area contributed by atoms with E-state index in [4.69, 9.17) is 19.4 Å². The summed E-state index contributed by atoms with van der Waals surface area (Å²) in [5.74, 6) is 1.37. The Labute approximate surface area is 213 Å². The second-order valence-corrected chi connectivity index (χ2v) is 9.66. The lowest BCUT2D eigenvalue weighted by molar-refractivity contribution is 0.0948. The van der Waals surface area contributed by atoms with Gasteiger partial charge in [0.2, 0.25) is 0 Å². The van der Waals surface area contributed by atoms with Gasteiger partial charge in [0.15, 0.2) is 0 Å². The zero-order valence-electron chi connectivity index (χ0n) is 19.7. The smallest absolute Gasteiger partial charge is 0.255 e. The molecule has 2 aromatic heterocycles. The summed E-state index contributed by atoms with van der Waals surface area (Å²) in [4.78, 5) is 19.1. The fourth-order valence-electron chi connectivity index (χ4n) is 4.17. The van der Waals surface area contributed by atoms with E-state index in [2.05, 4.69) is 11.4 Å². The highest BCUT2D eigenvalue weighted by molar-refractivity contribution is 7.16. The van der Waals surface area contributed by atoms with Gasteiger partial charge >= 0.3 is 0 Å². The molecule has 4 aromatic rings. The lowest BCUT2D eigenvalue weighted by Gasteiger charge is -2.12. The molecule has 0 spiro atoms. The van der Waals surface area contributed by atoms with Crippen molar-refractivity contribution < 1.29 is 13.9 Å². The molecule has 0 saturated carbocycles. The van der Waals surface area contributed by atoms with Gasteiger partial charge in [-0.1, -0.05) is 12.1 Å². The van der Waals surface area contributed by atoms with E-state index in [0.717, 1.165) is 58.9 Å². The second-order valence-electron chi connectivity index (χ2n) is 8.58. The summed E-state index contributed by atoms with van der Waals surface area (Å²) in [6, 6.07) is 20.8. The lowest BCUT2D eigenvalue weighted by Crippen LogP contribution is -2.23. The van der Waals surface area contributed by atoms with Gasteiger partial charge in [0.1, 0.15) is 23.1 Å². The van der Waals surface area contributed by atoms with Gasteiger partial charge < -0.3 is 14.5 Å². The van der Waals surface area contributed by atoms with E-state index < -0.39 is 0 Å². The van der Waals surface area contributed by atoms with E-state index in [9.17, 15) is 4.79 Å². The average molecular weight is 496 g/mol. The fourth-order valence-corrected chi connectivity index (χ4v) is 5.40. The molecule has 0 radical (unpaired) electrons. The number of fused-ring (bicyclic) bond motifs is 1. The molecule has 2 heterocycles. The van der Waals surface area contributed by atoms with E-state index in [1.807, 2.05) is 48.5 Å². The summed E-state index contributed by atoms with van der Waals surface area (Å²) < 4.78 is 11.2. The molecular weight excluding hydrogens is 470 g/mol. The molecule has 1 N–H and O–H groups in total. The van der Waals surface area contributed by atoms with Crippen molar-refractivity contribution in [1.82, 2.24) is 5.32 Å². The number of hydrogen-bond acceptors (Lipinski definition) is 6. The highest BCUT2D eigenvalue weighted by Gasteiger charge is 2.25. The van der Waals surface area contributed by atoms with Crippen molar-refractivity contribution in [3.8, 4) is 11.8 Å². The molecular formula is C29H25N3O3S. The van der Waals surface area contributed by atoms with Crippen LogP contribution in [-0.4, -0.2) is 12.1 Å². The highest BCUT2D eigenvalue weighted by atomic mass is 32.1. The summed E-state index contributed by atoms with van der Waals surface area (Å²) >= 11 is 1.62. The average Bonchev–Trinajstić information content (AvgIpc) is 3.58. The maximum atomic E-state index is 13.1. The Balaban J connectivity index is 1.27. The van der Waals surface area contributed by atoms with Gasteiger partial charge in [-0.05, 0) is 90.9 Å². The SMILES string of the molecule is N#Cc1ccc(COc2ccc(C=Nc3sc4c(c3C(=O)NCc3ccco3)CCCC4)cc2)cc1. The van der Waals surface area contributed by atoms with Gasteiger partial charge in [0.25, 0.3) is 5.91 Å². The van der Waals surface area contributed by atoms with Gasteiger partial charge in [-0.3, -0.25) is 4.79 Å².